The molecule has 0 bridgehead atoms. The first-order valence-electron chi connectivity index (χ1n) is 6.82. The zero-order valence-corrected chi connectivity index (χ0v) is 12.5. The van der Waals surface area contributed by atoms with E-state index in [0.717, 1.165) is 25.7 Å². The second-order valence-electron chi connectivity index (χ2n) is 5.64. The molecule has 0 saturated heterocycles. The van der Waals surface area contributed by atoms with Crippen molar-refractivity contribution < 1.29 is 14.8 Å². The highest BCUT2D eigenvalue weighted by Crippen LogP contribution is 2.55. The van der Waals surface area contributed by atoms with Crippen LogP contribution >= 0.6 is 15.9 Å². The molecule has 2 aliphatic rings. The third-order valence-corrected chi connectivity index (χ3v) is 5.30. The van der Waals surface area contributed by atoms with E-state index in [9.17, 15) is 15.2 Å². The molecule has 1 aromatic carbocycles. The summed E-state index contributed by atoms with van der Waals surface area (Å²) in [5, 5.41) is 21.2. The Bertz CT molecular complexity index is 542. The van der Waals surface area contributed by atoms with Crippen LogP contribution in [0, 0.1) is 15.5 Å². The molecule has 6 heteroatoms. The second kappa shape index (κ2) is 5.00. The van der Waals surface area contributed by atoms with E-state index in [-0.39, 0.29) is 29.1 Å². The minimum absolute atomic E-state index is 0.0334. The Labute approximate surface area is 125 Å². The fraction of sp³-hybridized carbons (Fsp3) is 0.571. The van der Waals surface area contributed by atoms with E-state index in [0.29, 0.717) is 10.9 Å². The van der Waals surface area contributed by atoms with Gasteiger partial charge in [-0.15, -0.1) is 0 Å². The van der Waals surface area contributed by atoms with Gasteiger partial charge in [-0.1, -0.05) is 18.9 Å². The zero-order chi connectivity index (χ0) is 14.3. The number of rotatable bonds is 3. The van der Waals surface area contributed by atoms with Crippen LogP contribution in [0.5, 0.6) is 5.75 Å². The SMILES string of the molecule is O=[N+]([O-])c1cccc(Br)c1OC1CC(O)C12CCCC2. The van der Waals surface area contributed by atoms with Gasteiger partial charge < -0.3 is 9.84 Å². The van der Waals surface area contributed by atoms with Gasteiger partial charge in [0, 0.05) is 17.9 Å². The molecule has 5 nitrogen and oxygen atoms in total. The number of hydrogen-bond acceptors (Lipinski definition) is 4. The van der Waals surface area contributed by atoms with E-state index in [1.54, 1.807) is 12.1 Å². The number of nitrogens with zero attached hydrogens (tertiary/aromatic N) is 1. The van der Waals surface area contributed by atoms with Crippen LogP contribution in [0.4, 0.5) is 5.69 Å². The van der Waals surface area contributed by atoms with Gasteiger partial charge in [0.2, 0.25) is 5.75 Å². The van der Waals surface area contributed by atoms with Gasteiger partial charge in [0.25, 0.3) is 0 Å². The topological polar surface area (TPSA) is 72.6 Å². The Morgan fingerprint density at radius 2 is 2.10 bits per heavy atom. The standard InChI is InChI=1S/C14H16BrNO4/c15-9-4-3-5-10(16(18)19)13(9)20-12-8-11(17)14(12)6-1-2-7-14/h3-5,11-12,17H,1-2,6-8H2. The van der Waals surface area contributed by atoms with Gasteiger partial charge in [-0.3, -0.25) is 10.1 Å². The van der Waals surface area contributed by atoms with Crippen molar-refractivity contribution >= 4 is 21.6 Å². The maximum atomic E-state index is 11.1. The van der Waals surface area contributed by atoms with Crippen molar-refractivity contribution in [2.45, 2.75) is 44.3 Å². The molecule has 3 rings (SSSR count). The first-order chi connectivity index (χ1) is 9.54. The molecular formula is C14H16BrNO4. The first-order valence-corrected chi connectivity index (χ1v) is 7.61. The van der Waals surface area contributed by atoms with E-state index >= 15 is 0 Å². The van der Waals surface area contributed by atoms with Crippen LogP contribution in [0.15, 0.2) is 22.7 Å². The van der Waals surface area contributed by atoms with Gasteiger partial charge in [-0.25, -0.2) is 0 Å². The lowest BCUT2D eigenvalue weighted by atomic mass is 9.62. The molecule has 20 heavy (non-hydrogen) atoms. The number of aliphatic hydroxyl groups excluding tert-OH is 1. The van der Waals surface area contributed by atoms with Gasteiger partial charge in [-0.05, 0) is 34.8 Å². The minimum atomic E-state index is -0.434. The number of benzene rings is 1. The lowest BCUT2D eigenvalue weighted by molar-refractivity contribution is -0.386. The molecule has 2 atom stereocenters. The zero-order valence-electron chi connectivity index (χ0n) is 10.9. The molecule has 2 fully saturated rings. The van der Waals surface area contributed by atoms with Crippen molar-refractivity contribution in [1.29, 1.82) is 0 Å². The predicted molar refractivity (Wildman–Crippen MR) is 76.7 cm³/mol. The summed E-state index contributed by atoms with van der Waals surface area (Å²) in [6.45, 7) is 0. The molecule has 0 aromatic heterocycles. The van der Waals surface area contributed by atoms with Gasteiger partial charge in [0.15, 0.2) is 0 Å². The smallest absolute Gasteiger partial charge is 0.312 e. The molecule has 0 heterocycles. The summed E-state index contributed by atoms with van der Waals surface area (Å²) in [6.07, 6.45) is 4.16. The number of para-hydroxylation sites is 1. The molecule has 2 saturated carbocycles. The third kappa shape index (κ3) is 2.02. The molecule has 1 aromatic rings. The number of halogens is 1. The van der Waals surface area contributed by atoms with Gasteiger partial charge in [-0.2, -0.15) is 0 Å². The van der Waals surface area contributed by atoms with Crippen LogP contribution in [-0.4, -0.2) is 22.2 Å². The Morgan fingerprint density at radius 3 is 2.70 bits per heavy atom. The highest BCUT2D eigenvalue weighted by Gasteiger charge is 2.57. The summed E-state index contributed by atoms with van der Waals surface area (Å²) >= 11 is 3.32. The largest absolute Gasteiger partial charge is 0.482 e. The summed E-state index contributed by atoms with van der Waals surface area (Å²) in [6, 6.07) is 4.80. The van der Waals surface area contributed by atoms with Crippen LogP contribution in [0.2, 0.25) is 0 Å². The van der Waals surface area contributed by atoms with Crippen LogP contribution < -0.4 is 4.74 Å². The van der Waals surface area contributed by atoms with Crippen molar-refractivity contribution in [3.05, 3.63) is 32.8 Å². The average Bonchev–Trinajstić information content (AvgIpc) is 2.92. The Hall–Kier alpha value is -1.14. The molecule has 0 aliphatic heterocycles. The van der Waals surface area contributed by atoms with E-state index in [4.69, 9.17) is 4.74 Å². The van der Waals surface area contributed by atoms with Crippen LogP contribution in [0.3, 0.4) is 0 Å². The van der Waals surface area contributed by atoms with Crippen molar-refractivity contribution in [3.8, 4) is 5.75 Å². The van der Waals surface area contributed by atoms with E-state index in [1.807, 2.05) is 0 Å². The van der Waals surface area contributed by atoms with Crippen molar-refractivity contribution in [1.82, 2.24) is 0 Å². The highest BCUT2D eigenvalue weighted by molar-refractivity contribution is 9.10. The molecule has 1 spiro atoms. The number of nitro benzene ring substituents is 1. The molecule has 2 aliphatic carbocycles. The quantitative estimate of drug-likeness (QED) is 0.675. The Morgan fingerprint density at radius 1 is 1.40 bits per heavy atom. The predicted octanol–water partition coefficient (Wildman–Crippen LogP) is 3.43. The minimum Gasteiger partial charge on any atom is -0.482 e. The normalized spacial score (nSPS) is 27.3. The maximum Gasteiger partial charge on any atom is 0.312 e. The maximum absolute atomic E-state index is 11.1. The number of hydrogen-bond donors (Lipinski definition) is 1. The number of aliphatic hydroxyl groups is 1. The van der Waals surface area contributed by atoms with Gasteiger partial charge >= 0.3 is 5.69 Å². The van der Waals surface area contributed by atoms with Gasteiger partial charge in [0.1, 0.15) is 6.10 Å². The Kier molecular flexibility index (Phi) is 3.46. The number of ether oxygens (including phenoxy) is 1. The van der Waals surface area contributed by atoms with Crippen LogP contribution in [-0.2, 0) is 0 Å². The van der Waals surface area contributed by atoms with E-state index in [1.165, 1.54) is 6.07 Å². The lowest BCUT2D eigenvalue weighted by Gasteiger charge is -2.50. The first kappa shape index (κ1) is 13.8. The fourth-order valence-corrected chi connectivity index (χ4v) is 3.93. The second-order valence-corrected chi connectivity index (χ2v) is 6.50. The molecule has 108 valence electrons. The van der Waals surface area contributed by atoms with Crippen molar-refractivity contribution in [2.24, 2.45) is 5.41 Å². The van der Waals surface area contributed by atoms with Crippen LogP contribution in [0.25, 0.3) is 0 Å². The van der Waals surface area contributed by atoms with E-state index < -0.39 is 4.92 Å². The highest BCUT2D eigenvalue weighted by atomic mass is 79.9. The lowest BCUT2D eigenvalue weighted by Crippen LogP contribution is -2.58. The monoisotopic (exact) mass is 341 g/mol. The van der Waals surface area contributed by atoms with Crippen LogP contribution in [0.1, 0.15) is 32.1 Å². The van der Waals surface area contributed by atoms with E-state index in [2.05, 4.69) is 15.9 Å². The summed E-state index contributed by atoms with van der Waals surface area (Å²) < 4.78 is 6.52. The van der Waals surface area contributed by atoms with Crippen molar-refractivity contribution in [3.63, 3.8) is 0 Å². The summed E-state index contributed by atoms with van der Waals surface area (Å²) in [4.78, 5) is 10.7. The molecule has 1 N–H and O–H groups in total. The number of nitro groups is 1. The fourth-order valence-electron chi connectivity index (χ4n) is 3.48. The third-order valence-electron chi connectivity index (χ3n) is 4.68. The summed E-state index contributed by atoms with van der Waals surface area (Å²) in [7, 11) is 0. The van der Waals surface area contributed by atoms with Gasteiger partial charge in [0.05, 0.1) is 15.5 Å². The summed E-state index contributed by atoms with van der Waals surface area (Å²) in [5.41, 5.74) is -0.225. The molecule has 0 radical (unpaired) electrons. The molecule has 2 unspecified atom stereocenters. The average molecular weight is 342 g/mol. The Balaban J connectivity index is 1.87. The molecular weight excluding hydrogens is 326 g/mol. The molecule has 0 amide bonds. The van der Waals surface area contributed by atoms with Crippen molar-refractivity contribution in [2.75, 3.05) is 0 Å². The summed E-state index contributed by atoms with van der Waals surface area (Å²) in [5.74, 6) is 0.278.